The predicted molar refractivity (Wildman–Crippen MR) is 78.4 cm³/mol. The van der Waals surface area contributed by atoms with Gasteiger partial charge < -0.3 is 10.1 Å². The molecule has 2 heteroatoms. The maximum atomic E-state index is 5.82. The predicted octanol–water partition coefficient (Wildman–Crippen LogP) is 3.85. The number of hydrogen-bond donors (Lipinski definition) is 1. The molecule has 0 radical (unpaired) electrons. The highest BCUT2D eigenvalue weighted by Crippen LogP contribution is 2.20. The third kappa shape index (κ3) is 5.54. The van der Waals surface area contributed by atoms with Gasteiger partial charge >= 0.3 is 0 Å². The Labute approximate surface area is 112 Å². The van der Waals surface area contributed by atoms with E-state index in [1.807, 2.05) is 0 Å². The Morgan fingerprint density at radius 1 is 1.11 bits per heavy atom. The fourth-order valence-corrected chi connectivity index (χ4v) is 1.75. The van der Waals surface area contributed by atoms with E-state index < -0.39 is 0 Å². The summed E-state index contributed by atoms with van der Waals surface area (Å²) in [6.07, 6.45) is 2.25. The molecule has 0 saturated carbocycles. The first kappa shape index (κ1) is 15.0. The molecule has 18 heavy (non-hydrogen) atoms. The van der Waals surface area contributed by atoms with E-state index in [-0.39, 0.29) is 5.54 Å². The monoisotopic (exact) mass is 249 g/mol. The van der Waals surface area contributed by atoms with E-state index in [4.69, 9.17) is 4.74 Å². The van der Waals surface area contributed by atoms with E-state index in [0.29, 0.717) is 0 Å². The minimum atomic E-state index is 0.216. The zero-order chi connectivity index (χ0) is 13.6. The van der Waals surface area contributed by atoms with E-state index >= 15 is 0 Å². The average molecular weight is 249 g/mol. The second-order valence-electron chi connectivity index (χ2n) is 5.93. The molecule has 0 aliphatic rings. The van der Waals surface area contributed by atoms with Gasteiger partial charge in [0.15, 0.2) is 0 Å². The molecule has 0 unspecified atom stereocenters. The molecule has 1 aromatic rings. The van der Waals surface area contributed by atoms with Crippen LogP contribution >= 0.6 is 0 Å². The van der Waals surface area contributed by atoms with Crippen LogP contribution < -0.4 is 10.1 Å². The van der Waals surface area contributed by atoms with Gasteiger partial charge in [0, 0.05) is 5.54 Å². The van der Waals surface area contributed by atoms with Gasteiger partial charge in [-0.05, 0) is 71.2 Å². The number of hydrogen-bond acceptors (Lipinski definition) is 2. The van der Waals surface area contributed by atoms with Gasteiger partial charge in [0.25, 0.3) is 0 Å². The highest BCUT2D eigenvalue weighted by atomic mass is 16.5. The number of nitrogens with one attached hydrogen (secondary N) is 1. The fourth-order valence-electron chi connectivity index (χ4n) is 1.75. The van der Waals surface area contributed by atoms with Crippen molar-refractivity contribution in [3.63, 3.8) is 0 Å². The molecular weight excluding hydrogens is 222 g/mol. The van der Waals surface area contributed by atoms with Gasteiger partial charge in [-0.2, -0.15) is 0 Å². The van der Waals surface area contributed by atoms with Crippen LogP contribution in [0.5, 0.6) is 5.75 Å². The van der Waals surface area contributed by atoms with Crippen LogP contribution in [0.4, 0.5) is 0 Å². The van der Waals surface area contributed by atoms with E-state index in [0.717, 1.165) is 31.7 Å². The SMILES string of the molecule is Cc1cccc(OCCCCNC(C)(C)C)c1C. The maximum Gasteiger partial charge on any atom is 0.122 e. The zero-order valence-electron chi connectivity index (χ0n) is 12.5. The van der Waals surface area contributed by atoms with Gasteiger partial charge in [0.2, 0.25) is 0 Å². The molecule has 0 bridgehead atoms. The minimum absolute atomic E-state index is 0.216. The number of unbranched alkanes of at least 4 members (excludes halogenated alkanes) is 1. The second-order valence-corrected chi connectivity index (χ2v) is 5.93. The molecule has 2 nitrogen and oxygen atoms in total. The van der Waals surface area contributed by atoms with E-state index in [1.165, 1.54) is 11.1 Å². The lowest BCUT2D eigenvalue weighted by Gasteiger charge is -2.20. The van der Waals surface area contributed by atoms with Gasteiger partial charge in [-0.15, -0.1) is 0 Å². The maximum absolute atomic E-state index is 5.82. The van der Waals surface area contributed by atoms with Crippen LogP contribution in [-0.4, -0.2) is 18.7 Å². The minimum Gasteiger partial charge on any atom is -0.493 e. The lowest BCUT2D eigenvalue weighted by atomic mass is 10.1. The van der Waals surface area contributed by atoms with E-state index in [9.17, 15) is 0 Å². The summed E-state index contributed by atoms with van der Waals surface area (Å²) in [6.45, 7) is 12.7. The van der Waals surface area contributed by atoms with Crippen molar-refractivity contribution in [1.82, 2.24) is 5.32 Å². The lowest BCUT2D eigenvalue weighted by molar-refractivity contribution is 0.299. The zero-order valence-corrected chi connectivity index (χ0v) is 12.5. The van der Waals surface area contributed by atoms with Crippen LogP contribution in [0.3, 0.4) is 0 Å². The molecule has 0 spiro atoms. The first-order chi connectivity index (χ1) is 8.40. The Bertz CT molecular complexity index is 366. The molecule has 0 aliphatic carbocycles. The van der Waals surface area contributed by atoms with Gasteiger partial charge in [0.05, 0.1) is 6.61 Å². The molecule has 0 amide bonds. The summed E-state index contributed by atoms with van der Waals surface area (Å²) in [5, 5.41) is 3.49. The van der Waals surface area contributed by atoms with Crippen LogP contribution in [0, 0.1) is 13.8 Å². The van der Waals surface area contributed by atoms with Crippen molar-refractivity contribution in [3.8, 4) is 5.75 Å². The standard InChI is InChI=1S/C16H27NO/c1-13-9-8-10-15(14(13)2)18-12-7-6-11-17-16(3,4)5/h8-10,17H,6-7,11-12H2,1-5H3. The number of aryl methyl sites for hydroxylation is 1. The molecule has 1 rings (SSSR count). The molecular formula is C16H27NO. The van der Waals surface area contributed by atoms with Crippen LogP contribution in [0.1, 0.15) is 44.7 Å². The summed E-state index contributed by atoms with van der Waals surface area (Å²) in [7, 11) is 0. The van der Waals surface area contributed by atoms with Gasteiger partial charge in [0.1, 0.15) is 5.75 Å². The summed E-state index contributed by atoms with van der Waals surface area (Å²) in [5.74, 6) is 1.03. The summed E-state index contributed by atoms with van der Waals surface area (Å²) < 4.78 is 5.82. The van der Waals surface area contributed by atoms with Crippen molar-refractivity contribution in [2.45, 2.75) is 53.0 Å². The normalized spacial score (nSPS) is 11.6. The van der Waals surface area contributed by atoms with Crippen molar-refractivity contribution < 1.29 is 4.74 Å². The smallest absolute Gasteiger partial charge is 0.122 e. The van der Waals surface area contributed by atoms with Crippen molar-refractivity contribution >= 4 is 0 Å². The first-order valence-electron chi connectivity index (χ1n) is 6.84. The molecule has 0 aliphatic heterocycles. The quantitative estimate of drug-likeness (QED) is 0.773. The highest BCUT2D eigenvalue weighted by molar-refractivity contribution is 5.38. The van der Waals surface area contributed by atoms with Crippen molar-refractivity contribution in [3.05, 3.63) is 29.3 Å². The third-order valence-electron chi connectivity index (χ3n) is 3.04. The topological polar surface area (TPSA) is 21.3 Å². The van der Waals surface area contributed by atoms with E-state index in [1.54, 1.807) is 0 Å². The molecule has 0 atom stereocenters. The molecule has 0 saturated heterocycles. The Balaban J connectivity index is 2.20. The number of benzene rings is 1. The van der Waals surface area contributed by atoms with Crippen LogP contribution in [-0.2, 0) is 0 Å². The van der Waals surface area contributed by atoms with Gasteiger partial charge in [-0.3, -0.25) is 0 Å². The van der Waals surface area contributed by atoms with Crippen molar-refractivity contribution in [1.29, 1.82) is 0 Å². The highest BCUT2D eigenvalue weighted by Gasteiger charge is 2.07. The summed E-state index contributed by atoms with van der Waals surface area (Å²) in [6, 6.07) is 6.23. The molecule has 1 aromatic carbocycles. The van der Waals surface area contributed by atoms with Gasteiger partial charge in [-0.1, -0.05) is 12.1 Å². The summed E-state index contributed by atoms with van der Waals surface area (Å²) >= 11 is 0. The third-order valence-corrected chi connectivity index (χ3v) is 3.04. The molecule has 0 fully saturated rings. The molecule has 1 N–H and O–H groups in total. The van der Waals surface area contributed by atoms with Gasteiger partial charge in [-0.25, -0.2) is 0 Å². The van der Waals surface area contributed by atoms with Crippen LogP contribution in [0.15, 0.2) is 18.2 Å². The number of rotatable bonds is 6. The largest absolute Gasteiger partial charge is 0.493 e. The Morgan fingerprint density at radius 2 is 1.83 bits per heavy atom. The summed E-state index contributed by atoms with van der Waals surface area (Å²) in [4.78, 5) is 0. The summed E-state index contributed by atoms with van der Waals surface area (Å²) in [5.41, 5.74) is 2.76. The Morgan fingerprint density at radius 3 is 2.50 bits per heavy atom. The molecule has 0 aromatic heterocycles. The molecule has 102 valence electrons. The van der Waals surface area contributed by atoms with Crippen LogP contribution in [0.2, 0.25) is 0 Å². The lowest BCUT2D eigenvalue weighted by Crippen LogP contribution is -2.36. The average Bonchev–Trinajstić information content (AvgIpc) is 2.27. The van der Waals surface area contributed by atoms with E-state index in [2.05, 4.69) is 58.1 Å². The Kier molecular flexibility index (Phi) is 5.67. The number of ether oxygens (including phenoxy) is 1. The van der Waals surface area contributed by atoms with Crippen molar-refractivity contribution in [2.75, 3.05) is 13.2 Å². The molecule has 0 heterocycles. The van der Waals surface area contributed by atoms with Crippen molar-refractivity contribution in [2.24, 2.45) is 0 Å². The second kappa shape index (κ2) is 6.79. The Hall–Kier alpha value is -1.02. The fraction of sp³-hybridized carbons (Fsp3) is 0.625. The first-order valence-corrected chi connectivity index (χ1v) is 6.84. The van der Waals surface area contributed by atoms with Crippen LogP contribution in [0.25, 0.3) is 0 Å².